The van der Waals surface area contributed by atoms with E-state index in [4.69, 9.17) is 5.21 Å². The predicted molar refractivity (Wildman–Crippen MR) is 60.3 cm³/mol. The summed E-state index contributed by atoms with van der Waals surface area (Å²) in [6.07, 6.45) is 1.58. The first-order chi connectivity index (χ1) is 8.22. The van der Waals surface area contributed by atoms with Crippen LogP contribution in [0.2, 0.25) is 0 Å². The van der Waals surface area contributed by atoms with Crippen LogP contribution in [0.25, 0.3) is 0 Å². The molecule has 3 nitrogen and oxygen atoms in total. The topological polar surface area (TPSA) is 44.6 Å². The van der Waals surface area contributed by atoms with Crippen molar-refractivity contribution >= 4 is 5.71 Å². The summed E-state index contributed by atoms with van der Waals surface area (Å²) in [5.74, 6) is -1.30. The van der Waals surface area contributed by atoms with Gasteiger partial charge in [-0.3, -0.25) is 0 Å². The maximum atomic E-state index is 13.6. The fourth-order valence-corrected chi connectivity index (χ4v) is 2.15. The van der Waals surface area contributed by atoms with E-state index in [2.05, 4.69) is 10.5 Å². The quantitative estimate of drug-likeness (QED) is 0.472. The van der Waals surface area contributed by atoms with Crippen molar-refractivity contribution < 1.29 is 14.0 Å². The molecular formula is C12H14F2N2O. The van der Waals surface area contributed by atoms with Gasteiger partial charge in [-0.05, 0) is 38.1 Å². The van der Waals surface area contributed by atoms with Crippen LogP contribution in [0, 0.1) is 17.6 Å². The first-order valence-corrected chi connectivity index (χ1v) is 5.60. The van der Waals surface area contributed by atoms with Crippen molar-refractivity contribution in [1.82, 2.24) is 5.32 Å². The van der Waals surface area contributed by atoms with Crippen molar-refractivity contribution in [3.05, 3.63) is 35.4 Å². The van der Waals surface area contributed by atoms with Crippen LogP contribution in [0.4, 0.5) is 8.78 Å². The normalized spacial score (nSPS) is 18.4. The van der Waals surface area contributed by atoms with Crippen molar-refractivity contribution in [2.45, 2.75) is 12.8 Å². The van der Waals surface area contributed by atoms with Crippen molar-refractivity contribution in [3.63, 3.8) is 0 Å². The molecule has 2 N–H and O–H groups in total. The van der Waals surface area contributed by atoms with Crippen LogP contribution in [-0.2, 0) is 0 Å². The van der Waals surface area contributed by atoms with E-state index in [9.17, 15) is 8.78 Å². The van der Waals surface area contributed by atoms with Gasteiger partial charge in [-0.2, -0.15) is 0 Å². The van der Waals surface area contributed by atoms with Crippen LogP contribution >= 0.6 is 0 Å². The number of oxime groups is 1. The predicted octanol–water partition coefficient (Wildman–Crippen LogP) is 2.14. The molecule has 5 heteroatoms. The number of rotatable bonds is 2. The van der Waals surface area contributed by atoms with Gasteiger partial charge in [0.1, 0.15) is 11.6 Å². The standard InChI is InChI=1S/C12H14F2N2O/c13-9-1-2-10(11(14)7-9)12(16-17)8-3-5-15-6-4-8/h1-2,7-8,15,17H,3-6H2/b16-12-. The molecule has 1 heterocycles. The van der Waals surface area contributed by atoms with Gasteiger partial charge in [-0.25, -0.2) is 8.78 Å². The molecule has 0 amide bonds. The summed E-state index contributed by atoms with van der Waals surface area (Å²) in [5, 5.41) is 15.4. The molecular weight excluding hydrogens is 226 g/mol. The molecule has 1 aliphatic rings. The van der Waals surface area contributed by atoms with Crippen molar-refractivity contribution in [2.75, 3.05) is 13.1 Å². The lowest BCUT2D eigenvalue weighted by Gasteiger charge is -2.23. The highest BCUT2D eigenvalue weighted by Gasteiger charge is 2.23. The zero-order valence-electron chi connectivity index (χ0n) is 9.29. The molecule has 0 aliphatic carbocycles. The number of hydrogen-bond acceptors (Lipinski definition) is 3. The molecule has 0 radical (unpaired) electrons. The van der Waals surface area contributed by atoms with Gasteiger partial charge in [0.2, 0.25) is 0 Å². The molecule has 0 saturated carbocycles. The second kappa shape index (κ2) is 5.23. The Morgan fingerprint density at radius 1 is 1.29 bits per heavy atom. The number of hydrogen-bond donors (Lipinski definition) is 2. The van der Waals surface area contributed by atoms with Crippen LogP contribution in [-0.4, -0.2) is 24.0 Å². The minimum atomic E-state index is -0.684. The Labute approximate surface area is 98.1 Å². The minimum Gasteiger partial charge on any atom is -0.411 e. The molecule has 0 atom stereocenters. The molecule has 0 bridgehead atoms. The van der Waals surface area contributed by atoms with E-state index in [1.165, 1.54) is 12.1 Å². The van der Waals surface area contributed by atoms with Gasteiger partial charge in [-0.15, -0.1) is 0 Å². The Morgan fingerprint density at radius 2 is 2.00 bits per heavy atom. The Hall–Kier alpha value is -1.49. The fourth-order valence-electron chi connectivity index (χ4n) is 2.15. The second-order valence-electron chi connectivity index (χ2n) is 4.13. The van der Waals surface area contributed by atoms with Crippen LogP contribution in [0.1, 0.15) is 18.4 Å². The van der Waals surface area contributed by atoms with Gasteiger partial charge in [0.25, 0.3) is 0 Å². The molecule has 2 rings (SSSR count). The molecule has 1 fully saturated rings. The van der Waals surface area contributed by atoms with E-state index >= 15 is 0 Å². The highest BCUT2D eigenvalue weighted by Crippen LogP contribution is 2.21. The summed E-state index contributed by atoms with van der Waals surface area (Å²) in [7, 11) is 0. The van der Waals surface area contributed by atoms with Crippen molar-refractivity contribution in [2.24, 2.45) is 11.1 Å². The number of nitrogens with one attached hydrogen (secondary N) is 1. The average molecular weight is 240 g/mol. The van der Waals surface area contributed by atoms with Crippen molar-refractivity contribution in [3.8, 4) is 0 Å². The summed E-state index contributed by atoms with van der Waals surface area (Å²) in [4.78, 5) is 0. The zero-order valence-corrected chi connectivity index (χ0v) is 9.29. The smallest absolute Gasteiger partial charge is 0.135 e. The molecule has 17 heavy (non-hydrogen) atoms. The summed E-state index contributed by atoms with van der Waals surface area (Å²) >= 11 is 0. The van der Waals surface area contributed by atoms with Gasteiger partial charge in [0.05, 0.1) is 5.71 Å². The van der Waals surface area contributed by atoms with Crippen LogP contribution in [0.5, 0.6) is 0 Å². The molecule has 92 valence electrons. The number of halogens is 2. The molecule has 1 saturated heterocycles. The van der Waals surface area contributed by atoms with Crippen LogP contribution in [0.3, 0.4) is 0 Å². The van der Waals surface area contributed by atoms with Crippen molar-refractivity contribution in [1.29, 1.82) is 0 Å². The average Bonchev–Trinajstić information content (AvgIpc) is 2.34. The van der Waals surface area contributed by atoms with Gasteiger partial charge >= 0.3 is 0 Å². The van der Waals surface area contributed by atoms with Gasteiger partial charge < -0.3 is 10.5 Å². The Balaban J connectivity index is 2.28. The lowest BCUT2D eigenvalue weighted by atomic mass is 9.88. The third-order valence-corrected chi connectivity index (χ3v) is 3.04. The number of nitrogens with zero attached hydrogens (tertiary/aromatic N) is 1. The third kappa shape index (κ3) is 2.61. The molecule has 0 unspecified atom stereocenters. The minimum absolute atomic E-state index is 0.0150. The van der Waals surface area contributed by atoms with E-state index in [0.29, 0.717) is 5.71 Å². The molecule has 1 aliphatic heterocycles. The molecule has 0 spiro atoms. The highest BCUT2D eigenvalue weighted by molar-refractivity contribution is 6.02. The fraction of sp³-hybridized carbons (Fsp3) is 0.417. The Bertz CT molecular complexity index is 429. The Morgan fingerprint density at radius 3 is 2.59 bits per heavy atom. The maximum Gasteiger partial charge on any atom is 0.135 e. The van der Waals surface area contributed by atoms with E-state index in [1.54, 1.807) is 0 Å². The summed E-state index contributed by atoms with van der Waals surface area (Å²) in [6.45, 7) is 1.62. The third-order valence-electron chi connectivity index (χ3n) is 3.04. The van der Waals surface area contributed by atoms with Crippen LogP contribution < -0.4 is 5.32 Å². The monoisotopic (exact) mass is 240 g/mol. The van der Waals surface area contributed by atoms with Gasteiger partial charge in [0.15, 0.2) is 0 Å². The van der Waals surface area contributed by atoms with E-state index < -0.39 is 11.6 Å². The van der Waals surface area contributed by atoms with Gasteiger partial charge in [0, 0.05) is 17.5 Å². The highest BCUT2D eigenvalue weighted by atomic mass is 19.1. The first kappa shape index (κ1) is 12.0. The van der Waals surface area contributed by atoms with E-state index in [0.717, 1.165) is 32.0 Å². The zero-order chi connectivity index (χ0) is 12.3. The first-order valence-electron chi connectivity index (χ1n) is 5.60. The molecule has 0 aromatic heterocycles. The molecule has 1 aromatic rings. The summed E-state index contributed by atoms with van der Waals surface area (Å²) in [6, 6.07) is 3.30. The second-order valence-corrected chi connectivity index (χ2v) is 4.13. The lowest BCUT2D eigenvalue weighted by molar-refractivity contribution is 0.311. The summed E-state index contributed by atoms with van der Waals surface area (Å²) < 4.78 is 26.4. The van der Waals surface area contributed by atoms with E-state index in [-0.39, 0.29) is 11.5 Å². The lowest BCUT2D eigenvalue weighted by Crippen LogP contribution is -2.32. The molecule has 1 aromatic carbocycles. The maximum absolute atomic E-state index is 13.6. The van der Waals surface area contributed by atoms with Crippen LogP contribution in [0.15, 0.2) is 23.4 Å². The number of piperidine rings is 1. The SMILES string of the molecule is O/N=C(\c1ccc(F)cc1F)C1CCNCC1. The van der Waals surface area contributed by atoms with Gasteiger partial charge in [-0.1, -0.05) is 5.16 Å². The largest absolute Gasteiger partial charge is 0.411 e. The summed E-state index contributed by atoms with van der Waals surface area (Å²) in [5.41, 5.74) is 0.491. The van der Waals surface area contributed by atoms with E-state index in [1.807, 2.05) is 0 Å². The Kier molecular flexibility index (Phi) is 3.68. The number of benzene rings is 1.